The third kappa shape index (κ3) is 7.34. The van der Waals surface area contributed by atoms with Crippen LogP contribution < -0.4 is 10.6 Å². The van der Waals surface area contributed by atoms with E-state index in [0.717, 1.165) is 12.8 Å². The van der Waals surface area contributed by atoms with Gasteiger partial charge in [0.1, 0.15) is 0 Å². The van der Waals surface area contributed by atoms with E-state index in [1.165, 1.54) is 0 Å². The Morgan fingerprint density at radius 2 is 1.94 bits per heavy atom. The normalized spacial score (nSPS) is 17.5. The summed E-state index contributed by atoms with van der Waals surface area (Å²) in [5, 5.41) is 5.91. The average Bonchev–Trinajstić information content (AvgIpc) is 2.69. The third-order valence-corrected chi connectivity index (χ3v) is 5.54. The zero-order valence-electron chi connectivity index (χ0n) is 21.1. The molecule has 3 amide bonds. The molecule has 182 valence electrons. The summed E-state index contributed by atoms with van der Waals surface area (Å²) >= 11 is 0. The first-order valence-corrected chi connectivity index (χ1v) is 11.8. The van der Waals surface area contributed by atoms with Gasteiger partial charge in [-0.2, -0.15) is 0 Å². The SMILES string of the molecule is CCCN1C(=O)NC(c2cccc(NC(=O)CC(C)CC(C)(C)C)c2)C(C(=O)OCC)=C1C. The standard InChI is InChI=1S/C26H39N3O4/c1-8-13-29-18(4)22(24(31)33-9-2)23(28-25(29)32)19-11-10-12-20(15-19)27-21(30)14-17(3)16-26(5,6)7/h10-12,15,17,23H,8-9,13-14,16H2,1-7H3,(H,27,30)(H,28,32). The van der Waals surface area contributed by atoms with Crippen LogP contribution in [0.5, 0.6) is 0 Å². The number of rotatable bonds is 9. The van der Waals surface area contributed by atoms with Gasteiger partial charge in [0.2, 0.25) is 5.91 Å². The van der Waals surface area contributed by atoms with Crippen molar-refractivity contribution in [3.63, 3.8) is 0 Å². The molecule has 1 aliphatic rings. The third-order valence-electron chi connectivity index (χ3n) is 5.54. The monoisotopic (exact) mass is 457 g/mol. The molecule has 1 aliphatic heterocycles. The second-order valence-corrected chi connectivity index (χ2v) is 10.0. The maximum atomic E-state index is 12.8. The first-order chi connectivity index (χ1) is 15.5. The van der Waals surface area contributed by atoms with Gasteiger partial charge in [-0.05, 0) is 55.7 Å². The van der Waals surface area contributed by atoms with Crippen LogP contribution in [0, 0.1) is 11.3 Å². The van der Waals surface area contributed by atoms with Crippen molar-refractivity contribution < 1.29 is 19.1 Å². The van der Waals surface area contributed by atoms with E-state index in [0.29, 0.717) is 35.5 Å². The Balaban J connectivity index is 2.28. The van der Waals surface area contributed by atoms with Gasteiger partial charge in [0.15, 0.2) is 0 Å². The summed E-state index contributed by atoms with van der Waals surface area (Å²) in [6.07, 6.45) is 2.15. The Morgan fingerprint density at radius 1 is 1.24 bits per heavy atom. The molecule has 7 nitrogen and oxygen atoms in total. The number of nitrogens with zero attached hydrogens (tertiary/aromatic N) is 1. The largest absolute Gasteiger partial charge is 0.463 e. The second-order valence-electron chi connectivity index (χ2n) is 10.0. The fourth-order valence-corrected chi connectivity index (χ4v) is 4.44. The molecule has 0 aromatic heterocycles. The minimum atomic E-state index is -0.652. The van der Waals surface area contributed by atoms with E-state index in [9.17, 15) is 14.4 Å². The van der Waals surface area contributed by atoms with Crippen molar-refractivity contribution in [2.24, 2.45) is 11.3 Å². The predicted molar refractivity (Wildman–Crippen MR) is 131 cm³/mol. The molecule has 0 fully saturated rings. The van der Waals surface area contributed by atoms with Gasteiger partial charge >= 0.3 is 12.0 Å². The molecule has 1 aromatic carbocycles. The molecule has 2 rings (SSSR count). The second kappa shape index (κ2) is 11.3. The van der Waals surface area contributed by atoms with E-state index in [-0.39, 0.29) is 29.9 Å². The minimum absolute atomic E-state index is 0.0527. The van der Waals surface area contributed by atoms with E-state index in [4.69, 9.17) is 4.74 Å². The molecule has 0 saturated carbocycles. The lowest BCUT2D eigenvalue weighted by atomic mass is 9.84. The molecular formula is C26H39N3O4. The van der Waals surface area contributed by atoms with Crippen LogP contribution in [0.2, 0.25) is 0 Å². The molecule has 0 bridgehead atoms. The van der Waals surface area contributed by atoms with Gasteiger partial charge in [-0.1, -0.05) is 46.8 Å². The van der Waals surface area contributed by atoms with Crippen molar-refractivity contribution in [2.75, 3.05) is 18.5 Å². The Labute approximate surface area is 197 Å². The summed E-state index contributed by atoms with van der Waals surface area (Å²) in [4.78, 5) is 39.8. The zero-order chi connectivity index (χ0) is 24.8. The Hall–Kier alpha value is -2.83. The van der Waals surface area contributed by atoms with E-state index in [2.05, 4.69) is 38.3 Å². The summed E-state index contributed by atoms with van der Waals surface area (Å²) in [6, 6.07) is 6.36. The first kappa shape index (κ1) is 26.4. The van der Waals surface area contributed by atoms with Crippen LogP contribution in [0.25, 0.3) is 0 Å². The lowest BCUT2D eigenvalue weighted by Crippen LogP contribution is -2.48. The number of anilines is 1. The van der Waals surface area contributed by atoms with E-state index >= 15 is 0 Å². The molecule has 0 spiro atoms. The highest BCUT2D eigenvalue weighted by atomic mass is 16.5. The maximum absolute atomic E-state index is 12.8. The Bertz CT molecular complexity index is 901. The molecule has 2 atom stereocenters. The first-order valence-electron chi connectivity index (χ1n) is 11.8. The topological polar surface area (TPSA) is 87.7 Å². The van der Waals surface area contributed by atoms with Crippen LogP contribution in [0.15, 0.2) is 35.5 Å². The molecular weight excluding hydrogens is 418 g/mol. The smallest absolute Gasteiger partial charge is 0.338 e. The zero-order valence-corrected chi connectivity index (χ0v) is 21.1. The quantitative estimate of drug-likeness (QED) is 0.486. The molecule has 2 unspecified atom stereocenters. The number of carbonyl (C=O) groups is 3. The molecule has 2 N–H and O–H groups in total. The van der Waals surface area contributed by atoms with Crippen molar-refractivity contribution >= 4 is 23.6 Å². The van der Waals surface area contributed by atoms with Crippen LogP contribution in [-0.2, 0) is 14.3 Å². The number of nitrogens with one attached hydrogen (secondary N) is 2. The summed E-state index contributed by atoms with van der Waals surface area (Å²) in [5.74, 6) is -0.244. The number of allylic oxidation sites excluding steroid dienone is 1. The summed E-state index contributed by atoms with van der Waals surface area (Å²) in [6.45, 7) is 14.8. The number of urea groups is 1. The van der Waals surface area contributed by atoms with Gasteiger partial charge in [-0.3, -0.25) is 9.69 Å². The fourth-order valence-electron chi connectivity index (χ4n) is 4.44. The molecule has 0 aliphatic carbocycles. The minimum Gasteiger partial charge on any atom is -0.463 e. The molecule has 7 heteroatoms. The van der Waals surface area contributed by atoms with Gasteiger partial charge in [0, 0.05) is 24.4 Å². The van der Waals surface area contributed by atoms with Gasteiger partial charge in [-0.15, -0.1) is 0 Å². The van der Waals surface area contributed by atoms with Gasteiger partial charge in [0.25, 0.3) is 0 Å². The van der Waals surface area contributed by atoms with Gasteiger partial charge < -0.3 is 15.4 Å². The number of amides is 3. The summed E-state index contributed by atoms with van der Waals surface area (Å²) in [7, 11) is 0. The highest BCUT2D eigenvalue weighted by Gasteiger charge is 2.36. The predicted octanol–water partition coefficient (Wildman–Crippen LogP) is 5.40. The van der Waals surface area contributed by atoms with Crippen molar-refractivity contribution in [3.8, 4) is 0 Å². The van der Waals surface area contributed by atoms with Crippen LogP contribution in [0.1, 0.15) is 79.3 Å². The van der Waals surface area contributed by atoms with E-state index < -0.39 is 12.0 Å². The molecule has 1 heterocycles. The van der Waals surface area contributed by atoms with E-state index in [1.807, 2.05) is 25.1 Å². The number of benzene rings is 1. The highest BCUT2D eigenvalue weighted by molar-refractivity contribution is 5.95. The lowest BCUT2D eigenvalue weighted by molar-refractivity contribution is -0.139. The van der Waals surface area contributed by atoms with Crippen molar-refractivity contribution in [2.45, 2.75) is 73.8 Å². The summed E-state index contributed by atoms with van der Waals surface area (Å²) < 4.78 is 5.30. The maximum Gasteiger partial charge on any atom is 0.338 e. The average molecular weight is 458 g/mol. The molecule has 0 radical (unpaired) electrons. The van der Waals surface area contributed by atoms with Crippen molar-refractivity contribution in [3.05, 3.63) is 41.1 Å². The lowest BCUT2D eigenvalue weighted by Gasteiger charge is -2.35. The Kier molecular flexibility index (Phi) is 9.08. The Morgan fingerprint density at radius 3 is 2.55 bits per heavy atom. The molecule has 0 saturated heterocycles. The molecule has 1 aromatic rings. The van der Waals surface area contributed by atoms with Crippen LogP contribution >= 0.6 is 0 Å². The van der Waals surface area contributed by atoms with Crippen LogP contribution in [0.4, 0.5) is 10.5 Å². The van der Waals surface area contributed by atoms with Crippen molar-refractivity contribution in [1.82, 2.24) is 10.2 Å². The molecule has 33 heavy (non-hydrogen) atoms. The van der Waals surface area contributed by atoms with Crippen molar-refractivity contribution in [1.29, 1.82) is 0 Å². The van der Waals surface area contributed by atoms with Gasteiger partial charge in [-0.25, -0.2) is 9.59 Å². The van der Waals surface area contributed by atoms with Crippen LogP contribution in [0.3, 0.4) is 0 Å². The fraction of sp³-hybridized carbons (Fsp3) is 0.577. The number of ether oxygens (including phenoxy) is 1. The summed E-state index contributed by atoms with van der Waals surface area (Å²) in [5.41, 5.74) is 2.51. The number of hydrogen-bond acceptors (Lipinski definition) is 4. The highest BCUT2D eigenvalue weighted by Crippen LogP contribution is 2.33. The van der Waals surface area contributed by atoms with Crippen LogP contribution in [-0.4, -0.2) is 36.0 Å². The number of carbonyl (C=O) groups excluding carboxylic acids is 3. The van der Waals surface area contributed by atoms with Gasteiger partial charge in [0.05, 0.1) is 18.2 Å². The number of esters is 1. The number of hydrogen-bond donors (Lipinski definition) is 2. The van der Waals surface area contributed by atoms with E-state index in [1.54, 1.807) is 24.8 Å².